The highest BCUT2D eigenvalue weighted by Crippen LogP contribution is 2.25. The molecule has 0 amide bonds. The van der Waals surface area contributed by atoms with E-state index in [4.69, 9.17) is 0 Å². The van der Waals surface area contributed by atoms with Crippen molar-refractivity contribution in [2.45, 2.75) is 26.8 Å². The summed E-state index contributed by atoms with van der Waals surface area (Å²) in [6.07, 6.45) is 2.56. The molecule has 0 aliphatic heterocycles. The zero-order valence-electron chi connectivity index (χ0n) is 14.5. The van der Waals surface area contributed by atoms with Crippen LogP contribution in [0.25, 0.3) is 11.3 Å². The molecular formula is C18H21F2N5. The molecule has 0 spiro atoms. The van der Waals surface area contributed by atoms with Crippen molar-refractivity contribution in [1.29, 1.82) is 0 Å². The van der Waals surface area contributed by atoms with Crippen LogP contribution >= 0.6 is 0 Å². The first kappa shape index (κ1) is 17.3. The molecule has 5 nitrogen and oxygen atoms in total. The highest BCUT2D eigenvalue weighted by molar-refractivity contribution is 5.63. The second-order valence-corrected chi connectivity index (χ2v) is 6.29. The monoisotopic (exact) mass is 345 g/mol. The van der Waals surface area contributed by atoms with Crippen LogP contribution in [-0.2, 0) is 13.0 Å². The maximum Gasteiger partial charge on any atom is 0.135 e. The van der Waals surface area contributed by atoms with E-state index in [2.05, 4.69) is 25.3 Å². The molecule has 132 valence electrons. The van der Waals surface area contributed by atoms with E-state index >= 15 is 0 Å². The second-order valence-electron chi connectivity index (χ2n) is 6.29. The first-order valence-corrected chi connectivity index (χ1v) is 8.12. The van der Waals surface area contributed by atoms with Gasteiger partial charge in [0.1, 0.15) is 11.6 Å². The third kappa shape index (κ3) is 3.76. The van der Waals surface area contributed by atoms with Crippen molar-refractivity contribution in [3.8, 4) is 11.3 Å². The number of likely N-dealkylation sites (N-methyl/N-ethyl adjacent to an activating group) is 1. The SMILES string of the molecule is Cc1n[nH]c(C)c1CCN(C)Cc1cn[nH]c1-c1ccc(F)cc1F. The topological polar surface area (TPSA) is 60.6 Å². The van der Waals surface area contributed by atoms with Crippen molar-refractivity contribution in [2.24, 2.45) is 0 Å². The predicted molar refractivity (Wildman–Crippen MR) is 92.0 cm³/mol. The molecule has 0 aliphatic carbocycles. The van der Waals surface area contributed by atoms with E-state index in [-0.39, 0.29) is 0 Å². The number of aryl methyl sites for hydroxylation is 2. The van der Waals surface area contributed by atoms with Gasteiger partial charge in [0, 0.05) is 36.0 Å². The third-order valence-electron chi connectivity index (χ3n) is 4.38. The number of hydrogen-bond acceptors (Lipinski definition) is 3. The zero-order chi connectivity index (χ0) is 18.0. The van der Waals surface area contributed by atoms with Gasteiger partial charge in [0.05, 0.1) is 17.6 Å². The summed E-state index contributed by atoms with van der Waals surface area (Å²) in [5.41, 5.74) is 5.10. The molecule has 0 fully saturated rings. The molecule has 2 aromatic heterocycles. The van der Waals surface area contributed by atoms with Crippen molar-refractivity contribution in [3.63, 3.8) is 0 Å². The highest BCUT2D eigenvalue weighted by atomic mass is 19.1. The molecule has 3 rings (SSSR count). The summed E-state index contributed by atoms with van der Waals surface area (Å²) >= 11 is 0. The maximum atomic E-state index is 14.0. The summed E-state index contributed by atoms with van der Waals surface area (Å²) in [7, 11) is 2.00. The van der Waals surface area contributed by atoms with E-state index in [0.717, 1.165) is 36.0 Å². The Morgan fingerprint density at radius 2 is 1.96 bits per heavy atom. The lowest BCUT2D eigenvalue weighted by molar-refractivity contribution is 0.331. The first-order valence-electron chi connectivity index (χ1n) is 8.12. The minimum Gasteiger partial charge on any atom is -0.302 e. The van der Waals surface area contributed by atoms with Crippen LogP contribution in [0.3, 0.4) is 0 Å². The van der Waals surface area contributed by atoms with Gasteiger partial charge >= 0.3 is 0 Å². The van der Waals surface area contributed by atoms with E-state index in [0.29, 0.717) is 17.8 Å². The Balaban J connectivity index is 1.70. The summed E-state index contributed by atoms with van der Waals surface area (Å²) in [6, 6.07) is 3.56. The molecule has 7 heteroatoms. The number of nitrogens with zero attached hydrogens (tertiary/aromatic N) is 3. The van der Waals surface area contributed by atoms with Gasteiger partial charge in [-0.1, -0.05) is 0 Å². The molecule has 0 atom stereocenters. The Kier molecular flexibility index (Phi) is 4.94. The fraction of sp³-hybridized carbons (Fsp3) is 0.333. The summed E-state index contributed by atoms with van der Waals surface area (Å²) < 4.78 is 27.2. The molecule has 0 unspecified atom stereocenters. The highest BCUT2D eigenvalue weighted by Gasteiger charge is 2.15. The zero-order valence-corrected chi connectivity index (χ0v) is 14.5. The first-order chi connectivity index (χ1) is 12.0. The van der Waals surface area contributed by atoms with Crippen molar-refractivity contribution in [3.05, 3.63) is 58.5 Å². The molecular weight excluding hydrogens is 324 g/mol. The Morgan fingerprint density at radius 3 is 2.64 bits per heavy atom. The second kappa shape index (κ2) is 7.14. The standard InChI is InChI=1S/C18H21F2N5/c1-11-15(12(2)23-22-11)6-7-25(3)10-13-9-21-24-18(13)16-5-4-14(19)8-17(16)20/h4-5,8-9H,6-7,10H2,1-3H3,(H,21,24)(H,22,23). The molecule has 0 saturated carbocycles. The van der Waals surface area contributed by atoms with Crippen LogP contribution in [0.2, 0.25) is 0 Å². The summed E-state index contributed by atoms with van der Waals surface area (Å²) in [5, 5.41) is 14.0. The Labute approximate surface area is 145 Å². The van der Waals surface area contributed by atoms with Gasteiger partial charge in [-0.3, -0.25) is 10.2 Å². The van der Waals surface area contributed by atoms with Crippen LogP contribution in [0, 0.1) is 25.5 Å². The van der Waals surface area contributed by atoms with Gasteiger partial charge in [-0.2, -0.15) is 10.2 Å². The van der Waals surface area contributed by atoms with Crippen LogP contribution < -0.4 is 0 Å². The summed E-state index contributed by atoms with van der Waals surface area (Å²) in [4.78, 5) is 2.14. The van der Waals surface area contributed by atoms with Crippen molar-refractivity contribution >= 4 is 0 Å². The predicted octanol–water partition coefficient (Wildman–Crippen LogP) is 3.37. The van der Waals surface area contributed by atoms with Gasteiger partial charge in [0.15, 0.2) is 0 Å². The summed E-state index contributed by atoms with van der Waals surface area (Å²) in [5.74, 6) is -1.19. The third-order valence-corrected chi connectivity index (χ3v) is 4.38. The maximum absolute atomic E-state index is 14.0. The average molecular weight is 345 g/mol. The molecule has 0 radical (unpaired) electrons. The normalized spacial score (nSPS) is 11.4. The van der Waals surface area contributed by atoms with E-state index in [9.17, 15) is 8.78 Å². The van der Waals surface area contributed by atoms with Crippen LogP contribution in [0.5, 0.6) is 0 Å². The minimum atomic E-state index is -0.599. The van der Waals surface area contributed by atoms with Crippen LogP contribution in [-0.4, -0.2) is 38.9 Å². The number of aromatic amines is 2. The number of aromatic nitrogens is 4. The number of rotatable bonds is 6. The van der Waals surface area contributed by atoms with Crippen LogP contribution in [0.4, 0.5) is 8.78 Å². The molecule has 2 N–H and O–H groups in total. The van der Waals surface area contributed by atoms with Gasteiger partial charge in [-0.25, -0.2) is 8.78 Å². The Bertz CT molecular complexity index is 849. The molecule has 0 aliphatic rings. The largest absolute Gasteiger partial charge is 0.302 e. The lowest BCUT2D eigenvalue weighted by Crippen LogP contribution is -2.21. The fourth-order valence-electron chi connectivity index (χ4n) is 2.97. The van der Waals surface area contributed by atoms with Crippen LogP contribution in [0.15, 0.2) is 24.4 Å². The van der Waals surface area contributed by atoms with E-state index in [1.165, 1.54) is 17.7 Å². The number of H-pyrrole nitrogens is 2. The van der Waals surface area contributed by atoms with Crippen molar-refractivity contribution < 1.29 is 8.78 Å². The summed E-state index contributed by atoms with van der Waals surface area (Å²) in [6.45, 7) is 5.45. The molecule has 1 aromatic carbocycles. The smallest absolute Gasteiger partial charge is 0.135 e. The minimum absolute atomic E-state index is 0.323. The van der Waals surface area contributed by atoms with E-state index in [1.54, 1.807) is 6.20 Å². The number of halogens is 2. The molecule has 0 saturated heterocycles. The van der Waals surface area contributed by atoms with Gasteiger partial charge in [-0.15, -0.1) is 0 Å². The number of hydrogen-bond donors (Lipinski definition) is 2. The van der Waals surface area contributed by atoms with Gasteiger partial charge in [0.25, 0.3) is 0 Å². The van der Waals surface area contributed by atoms with Gasteiger partial charge in [0.2, 0.25) is 0 Å². The number of benzene rings is 1. The van der Waals surface area contributed by atoms with Gasteiger partial charge < -0.3 is 4.90 Å². The van der Waals surface area contributed by atoms with Crippen LogP contribution in [0.1, 0.15) is 22.5 Å². The quantitative estimate of drug-likeness (QED) is 0.720. The fourth-order valence-corrected chi connectivity index (χ4v) is 2.97. The molecule has 0 bridgehead atoms. The van der Waals surface area contributed by atoms with Gasteiger partial charge in [-0.05, 0) is 45.0 Å². The lowest BCUT2D eigenvalue weighted by atomic mass is 10.1. The number of nitrogens with one attached hydrogen (secondary N) is 2. The molecule has 25 heavy (non-hydrogen) atoms. The Morgan fingerprint density at radius 1 is 1.16 bits per heavy atom. The lowest BCUT2D eigenvalue weighted by Gasteiger charge is -2.17. The molecule has 3 aromatic rings. The Hall–Kier alpha value is -2.54. The average Bonchev–Trinajstić information content (AvgIpc) is 3.13. The van der Waals surface area contributed by atoms with E-state index < -0.39 is 11.6 Å². The van der Waals surface area contributed by atoms with Crippen molar-refractivity contribution in [1.82, 2.24) is 25.3 Å². The van der Waals surface area contributed by atoms with E-state index in [1.807, 2.05) is 20.9 Å². The molecule has 2 heterocycles. The van der Waals surface area contributed by atoms with Crippen molar-refractivity contribution in [2.75, 3.05) is 13.6 Å².